The third-order valence-electron chi connectivity index (χ3n) is 7.05. The molecule has 0 radical (unpaired) electrons. The molecule has 3 aromatic rings. The summed E-state index contributed by atoms with van der Waals surface area (Å²) in [4.78, 5) is 2.04. The minimum absolute atomic E-state index is 0.0133. The van der Waals surface area contributed by atoms with Crippen molar-refractivity contribution in [3.63, 3.8) is 0 Å². The fourth-order valence-electron chi connectivity index (χ4n) is 5.00. The normalized spacial score (nSPS) is 17.8. The number of anilines is 2. The largest absolute Gasteiger partial charge is 0.433 e. The van der Waals surface area contributed by atoms with E-state index >= 15 is 0 Å². The lowest BCUT2D eigenvalue weighted by molar-refractivity contribution is -0.126. The Morgan fingerprint density at radius 3 is 2.45 bits per heavy atom. The summed E-state index contributed by atoms with van der Waals surface area (Å²) in [5.74, 6) is 5.09. The van der Waals surface area contributed by atoms with Gasteiger partial charge < -0.3 is 20.3 Å². The van der Waals surface area contributed by atoms with Crippen LogP contribution in [-0.2, 0) is 16.4 Å². The Morgan fingerprint density at radius 1 is 1.12 bits per heavy atom. The second-order valence-electron chi connectivity index (χ2n) is 10.2. The van der Waals surface area contributed by atoms with Crippen LogP contribution in [-0.4, -0.2) is 58.8 Å². The summed E-state index contributed by atoms with van der Waals surface area (Å²) in [6, 6.07) is 9.14. The highest BCUT2D eigenvalue weighted by atomic mass is 32.2. The van der Waals surface area contributed by atoms with E-state index in [9.17, 15) is 30.4 Å². The van der Waals surface area contributed by atoms with E-state index in [0.717, 1.165) is 43.5 Å². The lowest BCUT2D eigenvalue weighted by Crippen LogP contribution is -2.36. The quantitative estimate of drug-likeness (QED) is 0.198. The van der Waals surface area contributed by atoms with Gasteiger partial charge >= 0.3 is 12.8 Å². The minimum atomic E-state index is -4.46. The molecule has 1 aliphatic carbocycles. The van der Waals surface area contributed by atoms with Crippen LogP contribution in [0, 0.1) is 11.8 Å². The van der Waals surface area contributed by atoms with E-state index in [1.807, 2.05) is 6.07 Å². The third kappa shape index (κ3) is 8.25. The van der Waals surface area contributed by atoms with E-state index in [4.69, 9.17) is 5.14 Å². The number of sulfonamides is 1. The van der Waals surface area contributed by atoms with Crippen LogP contribution in [0.4, 0.5) is 33.3 Å². The fourth-order valence-corrected chi connectivity index (χ4v) is 6.70. The number of nitrogens with zero attached hydrogens (tertiary/aromatic N) is 1. The molecule has 7 nitrogen and oxygen atoms in total. The Morgan fingerprint density at radius 2 is 1.83 bits per heavy atom. The fraction of sp³-hybridized carbons (Fsp3) is 0.429. The first kappa shape index (κ1) is 31.8. The predicted molar refractivity (Wildman–Crippen MR) is 155 cm³/mol. The van der Waals surface area contributed by atoms with E-state index in [2.05, 4.69) is 46.2 Å². The highest BCUT2D eigenvalue weighted by molar-refractivity contribution is 7.89. The predicted octanol–water partition coefficient (Wildman–Crippen LogP) is 6.00. The molecule has 228 valence electrons. The molecule has 0 atom stereocenters. The van der Waals surface area contributed by atoms with Crippen molar-refractivity contribution in [1.29, 1.82) is 0 Å². The number of primary sulfonamides is 1. The van der Waals surface area contributed by atoms with Gasteiger partial charge in [0.1, 0.15) is 0 Å². The van der Waals surface area contributed by atoms with Gasteiger partial charge in [0.05, 0.1) is 38.8 Å². The van der Waals surface area contributed by atoms with E-state index in [-0.39, 0.29) is 28.7 Å². The molecule has 1 fully saturated rings. The summed E-state index contributed by atoms with van der Waals surface area (Å²) in [5.41, 5.74) is 0.859. The van der Waals surface area contributed by atoms with Crippen LogP contribution in [0.1, 0.15) is 36.1 Å². The molecule has 1 heterocycles. The van der Waals surface area contributed by atoms with Crippen molar-refractivity contribution in [2.75, 3.05) is 31.3 Å². The summed E-state index contributed by atoms with van der Waals surface area (Å²) in [6.45, 7) is -3.38. The number of hydrogen-bond acceptors (Lipinski definition) is 7. The molecule has 4 rings (SSSR count). The van der Waals surface area contributed by atoms with Crippen LogP contribution in [0.2, 0.25) is 0 Å². The van der Waals surface area contributed by atoms with Crippen LogP contribution in [0.25, 0.3) is 10.1 Å². The molecule has 0 saturated heterocycles. The average Bonchev–Trinajstić information content (AvgIpc) is 3.23. The number of nitrogens with one attached hydrogen (secondary N) is 2. The lowest BCUT2D eigenvalue weighted by Gasteiger charge is -2.33. The molecular formula is C28H31F5N4O3S2. The van der Waals surface area contributed by atoms with Gasteiger partial charge in [-0.2, -0.15) is 22.0 Å². The maximum Gasteiger partial charge on any atom is 0.393 e. The Bertz CT molecular complexity index is 1570. The average molecular weight is 631 g/mol. The molecule has 1 aromatic heterocycles. The Kier molecular flexibility index (Phi) is 9.87. The number of fused-ring (bicyclic) bond motifs is 1. The Labute approximate surface area is 245 Å². The number of benzene rings is 2. The maximum absolute atomic E-state index is 13.6. The summed E-state index contributed by atoms with van der Waals surface area (Å²) in [6.07, 6.45) is -1.64. The van der Waals surface area contributed by atoms with Crippen molar-refractivity contribution in [2.24, 2.45) is 5.14 Å². The summed E-state index contributed by atoms with van der Waals surface area (Å²) in [7, 11) is -0.0475. The maximum atomic E-state index is 13.6. The summed E-state index contributed by atoms with van der Waals surface area (Å²) >= 11 is 1.17. The van der Waals surface area contributed by atoms with Crippen molar-refractivity contribution in [2.45, 2.75) is 61.9 Å². The molecular weight excluding hydrogens is 599 g/mol. The summed E-state index contributed by atoms with van der Waals surface area (Å²) < 4.78 is 94.8. The number of halogens is 5. The van der Waals surface area contributed by atoms with Crippen molar-refractivity contribution < 1.29 is 35.1 Å². The zero-order valence-electron chi connectivity index (χ0n) is 22.9. The van der Waals surface area contributed by atoms with Crippen LogP contribution in [0.5, 0.6) is 5.75 Å². The van der Waals surface area contributed by atoms with Gasteiger partial charge in [0.15, 0.2) is 5.75 Å². The van der Waals surface area contributed by atoms with Crippen LogP contribution >= 0.6 is 11.3 Å². The first-order valence-corrected chi connectivity index (χ1v) is 15.5. The van der Waals surface area contributed by atoms with Gasteiger partial charge in [-0.15, -0.1) is 11.3 Å². The second kappa shape index (κ2) is 13.0. The van der Waals surface area contributed by atoms with Gasteiger partial charge in [0, 0.05) is 18.2 Å². The zero-order valence-corrected chi connectivity index (χ0v) is 24.5. The van der Waals surface area contributed by atoms with Gasteiger partial charge in [-0.3, -0.25) is 0 Å². The molecule has 4 N–H and O–H groups in total. The first-order valence-electron chi connectivity index (χ1n) is 13.1. The van der Waals surface area contributed by atoms with E-state index in [1.165, 1.54) is 17.4 Å². The molecule has 1 saturated carbocycles. The van der Waals surface area contributed by atoms with E-state index in [1.54, 1.807) is 12.1 Å². The lowest BCUT2D eigenvalue weighted by atomic mass is 9.90. The SMILES string of the molecule is CN(C)C1CCC(Nc2cccc3c(CC(F)(F)F)c(C#CCNc4ccc(S(N)(=O)=O)cc4OC(F)F)sc23)CC1. The van der Waals surface area contributed by atoms with Gasteiger partial charge in [0.25, 0.3) is 0 Å². The van der Waals surface area contributed by atoms with Gasteiger partial charge in [0.2, 0.25) is 10.0 Å². The third-order valence-corrected chi connectivity index (χ3v) is 9.16. The van der Waals surface area contributed by atoms with Crippen LogP contribution in [0.3, 0.4) is 0 Å². The standard InChI is InChI=1S/C28H31F5N4O3S2/c1-37(2)18-10-8-17(9-11-18)36-23-6-3-5-20-21(16-28(31,32)33)25(41-26(20)23)7-4-14-35-22-13-12-19(42(34,38)39)15-24(22)40-27(29)30/h3,5-6,12-13,15,17-18,27,35-36H,8-11,14,16H2,1-2H3,(H2,34,38,39). The number of ether oxygens (including phenoxy) is 1. The topological polar surface area (TPSA) is 96.7 Å². The number of rotatable bonds is 9. The first-order chi connectivity index (χ1) is 19.7. The smallest absolute Gasteiger partial charge is 0.393 e. The molecule has 0 spiro atoms. The van der Waals surface area contributed by atoms with Gasteiger partial charge in [-0.1, -0.05) is 24.0 Å². The summed E-state index contributed by atoms with van der Waals surface area (Å²) in [5, 5.41) is 11.8. The zero-order chi connectivity index (χ0) is 30.7. The molecule has 0 aliphatic heterocycles. The minimum Gasteiger partial charge on any atom is -0.433 e. The number of thiophene rings is 1. The molecule has 2 aromatic carbocycles. The van der Waals surface area contributed by atoms with Crippen molar-refractivity contribution in [3.8, 4) is 17.6 Å². The highest BCUT2D eigenvalue weighted by Gasteiger charge is 2.31. The van der Waals surface area contributed by atoms with Crippen molar-refractivity contribution in [1.82, 2.24) is 4.90 Å². The van der Waals surface area contributed by atoms with E-state index < -0.39 is 39.9 Å². The van der Waals surface area contributed by atoms with Crippen LogP contribution in [0.15, 0.2) is 41.3 Å². The van der Waals surface area contributed by atoms with Crippen LogP contribution < -0.4 is 20.5 Å². The number of alkyl halides is 5. The molecule has 0 unspecified atom stereocenters. The molecule has 42 heavy (non-hydrogen) atoms. The van der Waals surface area contributed by atoms with Gasteiger partial charge in [-0.25, -0.2) is 13.6 Å². The Balaban J connectivity index is 1.58. The Hall–Kier alpha value is -3.12. The number of nitrogens with two attached hydrogens (primary N) is 1. The highest BCUT2D eigenvalue weighted by Crippen LogP contribution is 2.40. The van der Waals surface area contributed by atoms with Gasteiger partial charge in [-0.05, 0) is 68.9 Å². The molecule has 1 aliphatic rings. The number of hydrogen-bond donors (Lipinski definition) is 3. The molecule has 14 heteroatoms. The van der Waals surface area contributed by atoms with E-state index in [0.29, 0.717) is 16.1 Å². The molecule has 0 amide bonds. The monoisotopic (exact) mass is 630 g/mol. The molecule has 0 bridgehead atoms. The van der Waals surface area contributed by atoms with Crippen molar-refractivity contribution in [3.05, 3.63) is 46.8 Å². The second-order valence-corrected chi connectivity index (χ2v) is 12.8. The van der Waals surface area contributed by atoms with Crippen molar-refractivity contribution >= 4 is 42.8 Å².